The van der Waals surface area contributed by atoms with Gasteiger partial charge in [-0.1, -0.05) is 18.2 Å². The number of hydrogen-bond donors (Lipinski definition) is 1. The van der Waals surface area contributed by atoms with Crippen LogP contribution in [0.4, 0.5) is 8.78 Å². The van der Waals surface area contributed by atoms with Gasteiger partial charge >= 0.3 is 0 Å². The quantitative estimate of drug-likeness (QED) is 0.781. The lowest BCUT2D eigenvalue weighted by molar-refractivity contribution is 0.0892. The van der Waals surface area contributed by atoms with Gasteiger partial charge in [-0.25, -0.2) is 8.78 Å². The number of methoxy groups -OCH3 is 1. The van der Waals surface area contributed by atoms with E-state index in [4.69, 9.17) is 9.47 Å². The SMILES string of the molecule is COCCNCC1CCOC1c1cccc(C(F)F)c1. The van der Waals surface area contributed by atoms with Crippen molar-refractivity contribution < 1.29 is 18.3 Å². The van der Waals surface area contributed by atoms with Crippen LogP contribution in [0.2, 0.25) is 0 Å². The molecule has 2 rings (SSSR count). The molecule has 0 spiro atoms. The highest BCUT2D eigenvalue weighted by molar-refractivity contribution is 5.27. The number of hydrogen-bond acceptors (Lipinski definition) is 3. The van der Waals surface area contributed by atoms with E-state index in [1.54, 1.807) is 19.2 Å². The third-order valence-corrected chi connectivity index (χ3v) is 3.59. The fourth-order valence-corrected chi connectivity index (χ4v) is 2.54. The summed E-state index contributed by atoms with van der Waals surface area (Å²) >= 11 is 0. The van der Waals surface area contributed by atoms with Gasteiger partial charge in [-0.2, -0.15) is 0 Å². The van der Waals surface area contributed by atoms with Crippen LogP contribution < -0.4 is 5.32 Å². The van der Waals surface area contributed by atoms with Crippen LogP contribution in [0.1, 0.15) is 30.1 Å². The summed E-state index contributed by atoms with van der Waals surface area (Å²) in [5.74, 6) is 0.319. The Balaban J connectivity index is 1.97. The second-order valence-electron chi connectivity index (χ2n) is 5.01. The highest BCUT2D eigenvalue weighted by Gasteiger charge is 2.29. The summed E-state index contributed by atoms with van der Waals surface area (Å²) in [6, 6.07) is 6.55. The van der Waals surface area contributed by atoms with E-state index in [0.717, 1.165) is 25.1 Å². The molecule has 2 atom stereocenters. The molecule has 1 aromatic rings. The zero-order valence-corrected chi connectivity index (χ0v) is 11.6. The molecule has 1 N–H and O–H groups in total. The van der Waals surface area contributed by atoms with E-state index >= 15 is 0 Å². The molecule has 20 heavy (non-hydrogen) atoms. The minimum atomic E-state index is -2.44. The molecule has 112 valence electrons. The summed E-state index contributed by atoms with van der Waals surface area (Å²) in [7, 11) is 1.67. The molecule has 0 aliphatic carbocycles. The lowest BCUT2D eigenvalue weighted by atomic mass is 9.94. The number of benzene rings is 1. The van der Waals surface area contributed by atoms with Crippen molar-refractivity contribution in [1.29, 1.82) is 0 Å². The van der Waals surface area contributed by atoms with Crippen molar-refractivity contribution in [3.63, 3.8) is 0 Å². The van der Waals surface area contributed by atoms with Gasteiger partial charge in [0.15, 0.2) is 0 Å². The molecule has 1 heterocycles. The molecule has 0 bridgehead atoms. The zero-order chi connectivity index (χ0) is 14.4. The topological polar surface area (TPSA) is 30.5 Å². The Morgan fingerprint density at radius 2 is 2.30 bits per heavy atom. The van der Waals surface area contributed by atoms with Crippen LogP contribution in [0.5, 0.6) is 0 Å². The fraction of sp³-hybridized carbons (Fsp3) is 0.600. The van der Waals surface area contributed by atoms with Gasteiger partial charge in [0.05, 0.1) is 12.7 Å². The first-order valence-electron chi connectivity index (χ1n) is 6.91. The van der Waals surface area contributed by atoms with E-state index in [9.17, 15) is 8.78 Å². The summed E-state index contributed by atoms with van der Waals surface area (Å²) in [5, 5.41) is 3.31. The minimum absolute atomic E-state index is 0.0593. The van der Waals surface area contributed by atoms with Crippen LogP contribution in [0, 0.1) is 5.92 Å². The van der Waals surface area contributed by atoms with Crippen molar-refractivity contribution in [2.45, 2.75) is 19.0 Å². The highest BCUT2D eigenvalue weighted by atomic mass is 19.3. The molecule has 0 radical (unpaired) electrons. The van der Waals surface area contributed by atoms with E-state index in [-0.39, 0.29) is 11.7 Å². The normalized spacial score (nSPS) is 22.6. The van der Waals surface area contributed by atoms with Gasteiger partial charge < -0.3 is 14.8 Å². The first-order valence-corrected chi connectivity index (χ1v) is 6.91. The minimum Gasteiger partial charge on any atom is -0.383 e. The van der Waals surface area contributed by atoms with Gasteiger partial charge in [0, 0.05) is 38.3 Å². The summed E-state index contributed by atoms with van der Waals surface area (Å²) in [6.07, 6.45) is -1.58. The van der Waals surface area contributed by atoms with E-state index in [0.29, 0.717) is 19.1 Å². The van der Waals surface area contributed by atoms with Crippen molar-refractivity contribution in [2.24, 2.45) is 5.92 Å². The lowest BCUT2D eigenvalue weighted by Gasteiger charge is -2.20. The molecule has 0 aromatic heterocycles. The molecular formula is C15H21F2NO2. The molecule has 1 fully saturated rings. The molecule has 0 saturated carbocycles. The van der Waals surface area contributed by atoms with E-state index < -0.39 is 6.43 Å². The first kappa shape index (κ1) is 15.4. The molecule has 1 aliphatic rings. The molecule has 1 aliphatic heterocycles. The molecular weight excluding hydrogens is 264 g/mol. The van der Waals surface area contributed by atoms with Crippen LogP contribution in [-0.2, 0) is 9.47 Å². The Hall–Kier alpha value is -1.04. The summed E-state index contributed by atoms with van der Waals surface area (Å²) < 4.78 is 36.2. The summed E-state index contributed by atoms with van der Waals surface area (Å²) in [6.45, 7) is 2.95. The first-order chi connectivity index (χ1) is 9.72. The van der Waals surface area contributed by atoms with Crippen molar-refractivity contribution >= 4 is 0 Å². The maximum Gasteiger partial charge on any atom is 0.263 e. The Morgan fingerprint density at radius 3 is 3.05 bits per heavy atom. The van der Waals surface area contributed by atoms with Crippen LogP contribution in [0.25, 0.3) is 0 Å². The lowest BCUT2D eigenvalue weighted by Crippen LogP contribution is -2.27. The van der Waals surface area contributed by atoms with Crippen molar-refractivity contribution in [3.05, 3.63) is 35.4 Å². The third-order valence-electron chi connectivity index (χ3n) is 3.59. The number of ether oxygens (including phenoxy) is 2. The van der Waals surface area contributed by atoms with Crippen molar-refractivity contribution in [3.8, 4) is 0 Å². The largest absolute Gasteiger partial charge is 0.383 e. The molecule has 5 heteroatoms. The second kappa shape index (κ2) is 7.67. The van der Waals surface area contributed by atoms with Crippen LogP contribution >= 0.6 is 0 Å². The van der Waals surface area contributed by atoms with Gasteiger partial charge in [0.1, 0.15) is 0 Å². The van der Waals surface area contributed by atoms with Crippen molar-refractivity contribution in [2.75, 3.05) is 33.4 Å². The standard InChI is InChI=1S/C15H21F2NO2/c1-19-8-6-18-10-13-5-7-20-14(13)11-3-2-4-12(9-11)15(16)17/h2-4,9,13-15,18H,5-8,10H2,1H3. The third kappa shape index (κ3) is 3.98. The maximum atomic E-state index is 12.8. The van der Waals surface area contributed by atoms with Crippen LogP contribution in [-0.4, -0.2) is 33.4 Å². The van der Waals surface area contributed by atoms with E-state index in [2.05, 4.69) is 5.32 Å². The number of rotatable bonds is 7. The highest BCUT2D eigenvalue weighted by Crippen LogP contribution is 2.35. The van der Waals surface area contributed by atoms with Crippen molar-refractivity contribution in [1.82, 2.24) is 5.32 Å². The predicted molar refractivity (Wildman–Crippen MR) is 72.9 cm³/mol. The summed E-state index contributed by atoms with van der Waals surface area (Å²) in [4.78, 5) is 0. The van der Waals surface area contributed by atoms with Gasteiger partial charge in [0.2, 0.25) is 0 Å². The average molecular weight is 285 g/mol. The van der Waals surface area contributed by atoms with Crippen LogP contribution in [0.3, 0.4) is 0 Å². The summed E-state index contributed by atoms with van der Waals surface area (Å²) in [5.41, 5.74) is 0.905. The molecule has 1 saturated heterocycles. The molecule has 3 nitrogen and oxygen atoms in total. The van der Waals surface area contributed by atoms with Gasteiger partial charge in [0.25, 0.3) is 6.43 Å². The van der Waals surface area contributed by atoms with E-state index in [1.807, 2.05) is 6.07 Å². The number of nitrogens with one attached hydrogen (secondary N) is 1. The van der Waals surface area contributed by atoms with Gasteiger partial charge in [-0.05, 0) is 18.1 Å². The average Bonchev–Trinajstić information content (AvgIpc) is 2.92. The number of alkyl halides is 2. The van der Waals surface area contributed by atoms with Crippen LogP contribution in [0.15, 0.2) is 24.3 Å². The van der Waals surface area contributed by atoms with Gasteiger partial charge in [-0.15, -0.1) is 0 Å². The second-order valence-corrected chi connectivity index (χ2v) is 5.01. The Labute approximate surface area is 118 Å². The fourth-order valence-electron chi connectivity index (χ4n) is 2.54. The molecule has 2 unspecified atom stereocenters. The molecule has 0 amide bonds. The predicted octanol–water partition coefficient (Wildman–Crippen LogP) is 2.94. The Morgan fingerprint density at radius 1 is 1.45 bits per heavy atom. The Kier molecular flexibility index (Phi) is 5.88. The number of halogens is 2. The zero-order valence-electron chi connectivity index (χ0n) is 11.6. The smallest absolute Gasteiger partial charge is 0.263 e. The molecule has 1 aromatic carbocycles. The van der Waals surface area contributed by atoms with E-state index in [1.165, 1.54) is 6.07 Å². The van der Waals surface area contributed by atoms with Gasteiger partial charge in [-0.3, -0.25) is 0 Å². The maximum absolute atomic E-state index is 12.8. The Bertz CT molecular complexity index is 415. The monoisotopic (exact) mass is 285 g/mol.